The average molecular weight is 295 g/mol. The molecule has 2 heterocycles. The third-order valence-corrected chi connectivity index (χ3v) is 3.67. The minimum absolute atomic E-state index is 0.0646. The van der Waals surface area contributed by atoms with Crippen LogP contribution in [0.5, 0.6) is 0 Å². The first-order valence-electron chi connectivity index (χ1n) is 6.30. The molecule has 7 heteroatoms. The standard InChI is InChI=1S/C14H11F2NO4/c15-7-2-1-6(5-8(7)16)17-13(18)11-9-3-4-10(21-9)12(11)14(19)20/h1-5,9-12H,(H,17,18)(H,19,20)/t9-,10-,11+,12+/m1/s1. The number of carbonyl (C=O) groups is 2. The van der Waals surface area contributed by atoms with Gasteiger partial charge in [0.1, 0.15) is 5.92 Å². The van der Waals surface area contributed by atoms with E-state index in [0.717, 1.165) is 12.1 Å². The summed E-state index contributed by atoms with van der Waals surface area (Å²) in [7, 11) is 0. The van der Waals surface area contributed by atoms with Gasteiger partial charge in [-0.1, -0.05) is 12.2 Å². The molecular formula is C14H11F2NO4. The second-order valence-electron chi connectivity index (χ2n) is 4.96. The van der Waals surface area contributed by atoms with E-state index in [2.05, 4.69) is 5.32 Å². The van der Waals surface area contributed by atoms with E-state index in [1.807, 2.05) is 0 Å². The van der Waals surface area contributed by atoms with Crippen molar-refractivity contribution >= 4 is 17.6 Å². The number of amides is 1. The molecule has 1 fully saturated rings. The molecule has 5 nitrogen and oxygen atoms in total. The number of nitrogens with one attached hydrogen (secondary N) is 1. The Morgan fingerprint density at radius 3 is 2.38 bits per heavy atom. The van der Waals surface area contributed by atoms with Crippen LogP contribution < -0.4 is 5.32 Å². The van der Waals surface area contributed by atoms with Gasteiger partial charge in [0.25, 0.3) is 0 Å². The van der Waals surface area contributed by atoms with Gasteiger partial charge in [-0.3, -0.25) is 9.59 Å². The summed E-state index contributed by atoms with van der Waals surface area (Å²) in [5.41, 5.74) is 0.0646. The van der Waals surface area contributed by atoms with E-state index in [1.165, 1.54) is 6.07 Å². The molecule has 0 unspecified atom stereocenters. The molecule has 2 bridgehead atoms. The highest BCUT2D eigenvalue weighted by Gasteiger charge is 2.53. The number of rotatable bonds is 3. The summed E-state index contributed by atoms with van der Waals surface area (Å²) < 4.78 is 31.3. The van der Waals surface area contributed by atoms with Gasteiger partial charge in [0.2, 0.25) is 5.91 Å². The van der Waals surface area contributed by atoms with Crippen LogP contribution in [-0.2, 0) is 14.3 Å². The Hall–Kier alpha value is -2.28. The zero-order chi connectivity index (χ0) is 15.1. The molecule has 2 aliphatic heterocycles. The van der Waals surface area contributed by atoms with E-state index in [1.54, 1.807) is 12.2 Å². The van der Waals surface area contributed by atoms with Gasteiger partial charge >= 0.3 is 5.97 Å². The van der Waals surface area contributed by atoms with Gasteiger partial charge < -0.3 is 15.2 Å². The van der Waals surface area contributed by atoms with Gasteiger partial charge in [-0.05, 0) is 12.1 Å². The predicted octanol–water partition coefficient (Wildman–Crippen LogP) is 1.56. The first-order chi connectivity index (χ1) is 9.97. The Bertz CT molecular complexity index is 646. The summed E-state index contributed by atoms with van der Waals surface area (Å²) in [6.45, 7) is 0. The first-order valence-corrected chi connectivity index (χ1v) is 6.30. The minimum atomic E-state index is -1.13. The zero-order valence-electron chi connectivity index (χ0n) is 10.6. The van der Waals surface area contributed by atoms with Crippen LogP contribution >= 0.6 is 0 Å². The molecule has 0 aliphatic carbocycles. The number of carbonyl (C=O) groups excluding carboxylic acids is 1. The normalized spacial score (nSPS) is 29.6. The monoisotopic (exact) mass is 295 g/mol. The van der Waals surface area contributed by atoms with Crippen LogP contribution in [0.2, 0.25) is 0 Å². The number of benzene rings is 1. The molecule has 1 amide bonds. The van der Waals surface area contributed by atoms with Gasteiger partial charge in [0, 0.05) is 11.8 Å². The number of hydrogen-bond donors (Lipinski definition) is 2. The molecular weight excluding hydrogens is 284 g/mol. The molecule has 0 aromatic heterocycles. The lowest BCUT2D eigenvalue weighted by molar-refractivity contribution is -0.145. The number of halogens is 2. The second kappa shape index (κ2) is 4.92. The fourth-order valence-corrected chi connectivity index (χ4v) is 2.71. The van der Waals surface area contributed by atoms with E-state index >= 15 is 0 Å². The molecule has 110 valence electrons. The highest BCUT2D eigenvalue weighted by atomic mass is 19.2. The van der Waals surface area contributed by atoms with Crippen molar-refractivity contribution in [2.24, 2.45) is 11.8 Å². The number of carboxylic acids is 1. The lowest BCUT2D eigenvalue weighted by Gasteiger charge is -2.21. The topological polar surface area (TPSA) is 75.6 Å². The van der Waals surface area contributed by atoms with Crippen molar-refractivity contribution in [3.63, 3.8) is 0 Å². The van der Waals surface area contributed by atoms with Gasteiger partial charge in [0.15, 0.2) is 11.6 Å². The van der Waals surface area contributed by atoms with E-state index in [9.17, 15) is 23.5 Å². The number of anilines is 1. The quantitative estimate of drug-likeness (QED) is 0.830. The van der Waals surface area contributed by atoms with Gasteiger partial charge in [-0.15, -0.1) is 0 Å². The van der Waals surface area contributed by atoms with Crippen LogP contribution in [0.3, 0.4) is 0 Å². The van der Waals surface area contributed by atoms with E-state index in [0.29, 0.717) is 0 Å². The van der Waals surface area contributed by atoms with Crippen LogP contribution in [0.25, 0.3) is 0 Å². The lowest BCUT2D eigenvalue weighted by Crippen LogP contribution is -2.39. The van der Waals surface area contributed by atoms with E-state index in [4.69, 9.17) is 4.74 Å². The first kappa shape index (κ1) is 13.7. The molecule has 1 aromatic carbocycles. The van der Waals surface area contributed by atoms with Crippen LogP contribution in [0.15, 0.2) is 30.4 Å². The fraction of sp³-hybridized carbons (Fsp3) is 0.286. The average Bonchev–Trinajstić information content (AvgIpc) is 3.03. The van der Waals surface area contributed by atoms with Crippen molar-refractivity contribution in [3.8, 4) is 0 Å². The third-order valence-electron chi connectivity index (χ3n) is 3.67. The number of fused-ring (bicyclic) bond motifs is 2. The Kier molecular flexibility index (Phi) is 3.21. The maximum Gasteiger partial charge on any atom is 0.310 e. The summed E-state index contributed by atoms with van der Waals surface area (Å²) in [5, 5.41) is 11.6. The highest BCUT2D eigenvalue weighted by molar-refractivity contribution is 5.96. The van der Waals surface area contributed by atoms with Crippen molar-refractivity contribution in [1.29, 1.82) is 0 Å². The molecule has 2 N–H and O–H groups in total. The van der Waals surface area contributed by atoms with Crippen LogP contribution in [-0.4, -0.2) is 29.2 Å². The molecule has 1 aromatic rings. The molecule has 1 saturated heterocycles. The lowest BCUT2D eigenvalue weighted by atomic mass is 9.82. The van der Waals surface area contributed by atoms with E-state index < -0.39 is 47.6 Å². The van der Waals surface area contributed by atoms with Crippen molar-refractivity contribution in [3.05, 3.63) is 42.0 Å². The van der Waals surface area contributed by atoms with Gasteiger partial charge in [-0.25, -0.2) is 8.78 Å². The summed E-state index contributed by atoms with van der Waals surface area (Å²) in [5.74, 6) is -5.72. The molecule has 2 aliphatic rings. The van der Waals surface area contributed by atoms with Crippen LogP contribution in [0.1, 0.15) is 0 Å². The van der Waals surface area contributed by atoms with Crippen LogP contribution in [0.4, 0.5) is 14.5 Å². The number of ether oxygens (including phenoxy) is 1. The molecule has 4 atom stereocenters. The van der Waals surface area contributed by atoms with Crippen molar-refractivity contribution in [1.82, 2.24) is 0 Å². The Labute approximate surface area is 118 Å². The number of carboxylic acid groups (broad SMARTS) is 1. The maximum absolute atomic E-state index is 13.1. The van der Waals surface area contributed by atoms with Gasteiger partial charge in [0.05, 0.1) is 18.1 Å². The smallest absolute Gasteiger partial charge is 0.310 e. The Balaban J connectivity index is 1.80. The summed E-state index contributed by atoms with van der Waals surface area (Å²) in [6, 6.07) is 2.93. The van der Waals surface area contributed by atoms with Gasteiger partial charge in [-0.2, -0.15) is 0 Å². The van der Waals surface area contributed by atoms with Crippen molar-refractivity contribution in [2.45, 2.75) is 12.2 Å². The second-order valence-corrected chi connectivity index (χ2v) is 4.96. The Morgan fingerprint density at radius 1 is 1.10 bits per heavy atom. The summed E-state index contributed by atoms with van der Waals surface area (Å²) >= 11 is 0. The van der Waals surface area contributed by atoms with Crippen molar-refractivity contribution < 1.29 is 28.2 Å². The van der Waals surface area contributed by atoms with Crippen molar-refractivity contribution in [2.75, 3.05) is 5.32 Å². The number of hydrogen-bond acceptors (Lipinski definition) is 3. The maximum atomic E-state index is 13.1. The molecule has 0 radical (unpaired) electrons. The highest BCUT2D eigenvalue weighted by Crippen LogP contribution is 2.39. The fourth-order valence-electron chi connectivity index (χ4n) is 2.71. The Morgan fingerprint density at radius 2 is 1.76 bits per heavy atom. The van der Waals surface area contributed by atoms with Crippen LogP contribution in [0, 0.1) is 23.5 Å². The summed E-state index contributed by atoms with van der Waals surface area (Å²) in [6.07, 6.45) is 2.01. The largest absolute Gasteiger partial charge is 0.481 e. The molecule has 0 saturated carbocycles. The predicted molar refractivity (Wildman–Crippen MR) is 67.4 cm³/mol. The molecule has 0 spiro atoms. The molecule has 3 rings (SSSR count). The summed E-state index contributed by atoms with van der Waals surface area (Å²) in [4.78, 5) is 23.5. The zero-order valence-corrected chi connectivity index (χ0v) is 10.6. The minimum Gasteiger partial charge on any atom is -0.481 e. The third kappa shape index (κ3) is 2.29. The van der Waals surface area contributed by atoms with E-state index in [-0.39, 0.29) is 5.69 Å². The molecule has 21 heavy (non-hydrogen) atoms. The SMILES string of the molecule is O=C(O)[C@@H]1[C@@H](C(=O)Nc2ccc(F)c(F)c2)[C@H]2C=C[C@H]1O2. The number of aliphatic carboxylic acids is 1.